The molecule has 0 aromatic carbocycles. The standard InChI is InChI=1S/C4H11NO.C4H10O2/c1-4(2)5-6-3;1-4(2,5)6-3/h4-5H,1-3H3;5H,1-3H3. The third kappa shape index (κ3) is 22.5. The van der Waals surface area contributed by atoms with Gasteiger partial charge in [-0.2, -0.15) is 0 Å². The van der Waals surface area contributed by atoms with Crippen LogP contribution in [-0.4, -0.2) is 31.2 Å². The fraction of sp³-hybridized carbons (Fsp3) is 1.00. The van der Waals surface area contributed by atoms with Crippen LogP contribution in [0.1, 0.15) is 27.7 Å². The molecule has 12 heavy (non-hydrogen) atoms. The highest BCUT2D eigenvalue weighted by Crippen LogP contribution is 1.97. The van der Waals surface area contributed by atoms with Crippen LogP contribution in [-0.2, 0) is 9.57 Å². The van der Waals surface area contributed by atoms with Crippen LogP contribution in [0.15, 0.2) is 0 Å². The summed E-state index contributed by atoms with van der Waals surface area (Å²) in [6.45, 7) is 7.19. The van der Waals surface area contributed by atoms with Gasteiger partial charge in [0.05, 0.1) is 7.11 Å². The second-order valence-corrected chi connectivity index (χ2v) is 3.13. The molecule has 4 heteroatoms. The number of hydroxylamine groups is 1. The second-order valence-electron chi connectivity index (χ2n) is 3.13. The Morgan fingerprint density at radius 2 is 1.58 bits per heavy atom. The van der Waals surface area contributed by atoms with E-state index in [4.69, 9.17) is 5.11 Å². The Kier molecular flexibility index (Phi) is 8.97. The minimum Gasteiger partial charge on any atom is -0.366 e. The first-order valence-electron chi connectivity index (χ1n) is 3.89. The van der Waals surface area contributed by atoms with Gasteiger partial charge in [-0.15, -0.1) is 0 Å². The summed E-state index contributed by atoms with van der Waals surface area (Å²) in [5.41, 5.74) is 2.71. The number of ether oxygens (including phenoxy) is 1. The van der Waals surface area contributed by atoms with Crippen molar-refractivity contribution in [2.24, 2.45) is 0 Å². The number of methoxy groups -OCH3 is 1. The van der Waals surface area contributed by atoms with Crippen LogP contribution in [0, 0.1) is 0 Å². The van der Waals surface area contributed by atoms with Gasteiger partial charge in [0.1, 0.15) is 0 Å². The predicted molar refractivity (Wildman–Crippen MR) is 48.6 cm³/mol. The van der Waals surface area contributed by atoms with Crippen molar-refractivity contribution >= 4 is 0 Å². The summed E-state index contributed by atoms with van der Waals surface area (Å²) >= 11 is 0. The van der Waals surface area contributed by atoms with Crippen molar-refractivity contribution in [2.45, 2.75) is 39.5 Å². The number of hydrogen-bond donors (Lipinski definition) is 2. The van der Waals surface area contributed by atoms with Gasteiger partial charge in [-0.1, -0.05) is 0 Å². The van der Waals surface area contributed by atoms with Gasteiger partial charge in [0.25, 0.3) is 0 Å². The molecular weight excluding hydrogens is 158 g/mol. The Morgan fingerprint density at radius 1 is 1.25 bits per heavy atom. The highest BCUT2D eigenvalue weighted by Gasteiger charge is 2.06. The molecule has 0 unspecified atom stereocenters. The van der Waals surface area contributed by atoms with Gasteiger partial charge in [-0.25, -0.2) is 5.48 Å². The lowest BCUT2D eigenvalue weighted by molar-refractivity contribution is -0.155. The van der Waals surface area contributed by atoms with Crippen LogP contribution in [0.2, 0.25) is 0 Å². The second kappa shape index (κ2) is 7.49. The van der Waals surface area contributed by atoms with Gasteiger partial charge < -0.3 is 14.7 Å². The highest BCUT2D eigenvalue weighted by molar-refractivity contribution is 4.42. The number of nitrogens with one attached hydrogen (secondary N) is 1. The Morgan fingerprint density at radius 3 is 1.58 bits per heavy atom. The van der Waals surface area contributed by atoms with Gasteiger partial charge in [0.15, 0.2) is 5.79 Å². The molecule has 76 valence electrons. The maximum atomic E-state index is 8.60. The monoisotopic (exact) mass is 179 g/mol. The lowest BCUT2D eigenvalue weighted by atomic mass is 10.4. The minimum atomic E-state index is -0.958. The summed E-state index contributed by atoms with van der Waals surface area (Å²) in [6.07, 6.45) is 0. The van der Waals surface area contributed by atoms with Crippen LogP contribution in [0.5, 0.6) is 0 Å². The van der Waals surface area contributed by atoms with E-state index in [1.54, 1.807) is 21.0 Å². The average Bonchev–Trinajstić information content (AvgIpc) is 1.87. The largest absolute Gasteiger partial charge is 0.366 e. The summed E-state index contributed by atoms with van der Waals surface area (Å²) in [4.78, 5) is 4.55. The highest BCUT2D eigenvalue weighted by atomic mass is 16.6. The molecule has 0 heterocycles. The number of hydrogen-bond acceptors (Lipinski definition) is 4. The molecule has 0 fully saturated rings. The molecule has 0 atom stereocenters. The molecule has 0 radical (unpaired) electrons. The number of aliphatic hydroxyl groups is 1. The Labute approximate surface area is 74.8 Å². The summed E-state index contributed by atoms with van der Waals surface area (Å²) < 4.78 is 4.49. The van der Waals surface area contributed by atoms with Crippen molar-refractivity contribution < 1.29 is 14.7 Å². The van der Waals surface area contributed by atoms with Gasteiger partial charge in [0, 0.05) is 13.2 Å². The summed E-state index contributed by atoms with van der Waals surface area (Å²) in [7, 11) is 3.07. The van der Waals surface area contributed by atoms with Crippen LogP contribution in [0.4, 0.5) is 0 Å². The quantitative estimate of drug-likeness (QED) is 0.499. The Balaban J connectivity index is 0. The third-order valence-corrected chi connectivity index (χ3v) is 0.853. The Bertz CT molecular complexity index is 88.8. The molecule has 0 spiro atoms. The van der Waals surface area contributed by atoms with E-state index >= 15 is 0 Å². The molecule has 0 aromatic heterocycles. The topological polar surface area (TPSA) is 50.7 Å². The summed E-state index contributed by atoms with van der Waals surface area (Å²) in [5.74, 6) is -0.958. The molecule has 2 N–H and O–H groups in total. The van der Waals surface area contributed by atoms with E-state index in [1.807, 2.05) is 13.8 Å². The average molecular weight is 179 g/mol. The lowest BCUT2D eigenvalue weighted by Crippen LogP contribution is -2.20. The van der Waals surface area contributed by atoms with Crippen LogP contribution in [0.25, 0.3) is 0 Å². The van der Waals surface area contributed by atoms with Crippen LogP contribution in [0.3, 0.4) is 0 Å². The van der Waals surface area contributed by atoms with Crippen molar-refractivity contribution in [3.8, 4) is 0 Å². The third-order valence-electron chi connectivity index (χ3n) is 0.853. The molecule has 0 saturated carbocycles. The van der Waals surface area contributed by atoms with E-state index in [0.717, 1.165) is 0 Å². The molecule has 4 nitrogen and oxygen atoms in total. The van der Waals surface area contributed by atoms with Crippen LogP contribution < -0.4 is 5.48 Å². The van der Waals surface area contributed by atoms with Crippen molar-refractivity contribution in [1.82, 2.24) is 5.48 Å². The fourth-order valence-corrected chi connectivity index (χ4v) is 0.236. The molecule has 0 aliphatic carbocycles. The summed E-state index contributed by atoms with van der Waals surface area (Å²) in [5, 5.41) is 8.60. The molecule has 0 amide bonds. The van der Waals surface area contributed by atoms with E-state index in [1.165, 1.54) is 7.11 Å². The zero-order valence-electron chi connectivity index (χ0n) is 8.84. The fourth-order valence-electron chi connectivity index (χ4n) is 0.236. The molecule has 0 aromatic rings. The van der Waals surface area contributed by atoms with E-state index in [-0.39, 0.29) is 0 Å². The summed E-state index contributed by atoms with van der Waals surface area (Å²) in [6, 6.07) is 0.426. The van der Waals surface area contributed by atoms with Crippen molar-refractivity contribution in [3.63, 3.8) is 0 Å². The molecule has 0 rings (SSSR count). The van der Waals surface area contributed by atoms with Crippen molar-refractivity contribution in [3.05, 3.63) is 0 Å². The first kappa shape index (κ1) is 14.4. The Hall–Kier alpha value is -0.160. The smallest absolute Gasteiger partial charge is 0.159 e. The molecule has 0 saturated heterocycles. The van der Waals surface area contributed by atoms with E-state index in [9.17, 15) is 0 Å². The molecular formula is C8H21NO3. The van der Waals surface area contributed by atoms with Gasteiger partial charge in [0.2, 0.25) is 0 Å². The van der Waals surface area contributed by atoms with Gasteiger partial charge >= 0.3 is 0 Å². The zero-order chi connectivity index (χ0) is 10.2. The zero-order valence-corrected chi connectivity index (χ0v) is 8.84. The van der Waals surface area contributed by atoms with E-state index in [0.29, 0.717) is 6.04 Å². The number of rotatable bonds is 3. The minimum absolute atomic E-state index is 0.426. The molecule has 0 aliphatic heterocycles. The lowest BCUT2D eigenvalue weighted by Gasteiger charge is -2.12. The predicted octanol–water partition coefficient (Wildman–Crippen LogP) is 0.907. The van der Waals surface area contributed by atoms with Gasteiger partial charge in [-0.05, 0) is 27.7 Å². The SMILES string of the molecule is COC(C)(C)O.CONC(C)C. The maximum Gasteiger partial charge on any atom is 0.159 e. The van der Waals surface area contributed by atoms with E-state index in [2.05, 4.69) is 15.1 Å². The van der Waals surface area contributed by atoms with Crippen molar-refractivity contribution in [1.29, 1.82) is 0 Å². The maximum absolute atomic E-state index is 8.60. The van der Waals surface area contributed by atoms with E-state index < -0.39 is 5.79 Å². The first-order valence-corrected chi connectivity index (χ1v) is 3.89. The van der Waals surface area contributed by atoms with Crippen LogP contribution >= 0.6 is 0 Å². The molecule has 0 aliphatic rings. The normalized spacial score (nSPS) is 11.0. The first-order chi connectivity index (χ1) is 5.33. The van der Waals surface area contributed by atoms with Crippen molar-refractivity contribution in [2.75, 3.05) is 14.2 Å². The molecule has 0 bridgehead atoms. The van der Waals surface area contributed by atoms with Gasteiger partial charge in [-0.3, -0.25) is 0 Å².